The SMILES string of the molecule is CC#CC#CC#CC#CC#CC#CC#CC#CC#CC#CC#CC#CC(=O)N[C@@H](COC1OC(CO)C(O)C(SOOO)C1O)[C@H](O)/C=C/CCCCCCCCCCCCC. The first kappa shape index (κ1) is 53.9. The predicted octanol–water partition coefficient (Wildman–Crippen LogP) is 3.04. The van der Waals surface area contributed by atoms with Gasteiger partial charge in [-0.15, -0.1) is 4.33 Å². The molecule has 1 rings (SSSR count). The van der Waals surface area contributed by atoms with Crippen LogP contribution >= 0.6 is 12.0 Å². The predicted molar refractivity (Wildman–Crippen MR) is 237 cm³/mol. The molecule has 1 fully saturated rings. The lowest BCUT2D eigenvalue weighted by Crippen LogP contribution is -2.59. The Morgan fingerprint density at radius 1 is 0.694 bits per heavy atom. The van der Waals surface area contributed by atoms with Crippen LogP contribution in [0.3, 0.4) is 0 Å². The van der Waals surface area contributed by atoms with E-state index in [1.165, 1.54) is 51.4 Å². The van der Waals surface area contributed by atoms with Gasteiger partial charge >= 0.3 is 0 Å². The van der Waals surface area contributed by atoms with E-state index in [9.17, 15) is 25.2 Å². The van der Waals surface area contributed by atoms with Crippen molar-refractivity contribution < 1.29 is 49.3 Å². The Labute approximate surface area is 371 Å². The van der Waals surface area contributed by atoms with Gasteiger partial charge in [-0.3, -0.25) is 4.79 Å². The highest BCUT2D eigenvalue weighted by Gasteiger charge is 2.46. The molecule has 62 heavy (non-hydrogen) atoms. The van der Waals surface area contributed by atoms with Gasteiger partial charge in [-0.1, -0.05) is 94.2 Å². The quantitative estimate of drug-likeness (QED) is 0.0237. The van der Waals surface area contributed by atoms with Crippen LogP contribution in [0.5, 0.6) is 0 Å². The van der Waals surface area contributed by atoms with Gasteiger partial charge in [0.1, 0.15) is 12.2 Å². The van der Waals surface area contributed by atoms with E-state index in [0.29, 0.717) is 12.0 Å². The lowest BCUT2D eigenvalue weighted by atomic mass is 10.0. The zero-order valence-electron chi connectivity index (χ0n) is 34.8. The molecular formula is C50H49NO10S. The molecule has 0 aromatic rings. The topological polar surface area (TPSA) is 167 Å². The monoisotopic (exact) mass is 855 g/mol. The molecule has 1 saturated heterocycles. The average molecular weight is 856 g/mol. The smallest absolute Gasteiger partial charge is 0.297 e. The molecule has 0 bridgehead atoms. The number of amides is 1. The molecule has 5 unspecified atom stereocenters. The summed E-state index contributed by atoms with van der Waals surface area (Å²) >= 11 is 0.391. The van der Waals surface area contributed by atoms with Crippen molar-refractivity contribution in [3.63, 3.8) is 0 Å². The van der Waals surface area contributed by atoms with Gasteiger partial charge in [-0.2, -0.15) is 0 Å². The van der Waals surface area contributed by atoms with Crippen LogP contribution < -0.4 is 5.32 Å². The summed E-state index contributed by atoms with van der Waals surface area (Å²) in [4.78, 5) is 12.7. The van der Waals surface area contributed by atoms with Crippen LogP contribution in [-0.2, 0) is 23.6 Å². The number of hydrogen-bond donors (Lipinski definition) is 6. The van der Waals surface area contributed by atoms with Crippen LogP contribution in [0.15, 0.2) is 12.2 Å². The molecule has 1 amide bonds. The first-order valence-electron chi connectivity index (χ1n) is 19.8. The van der Waals surface area contributed by atoms with Crippen molar-refractivity contribution in [1.29, 1.82) is 0 Å². The Morgan fingerprint density at radius 3 is 1.60 bits per heavy atom. The molecule has 11 nitrogen and oxygen atoms in total. The van der Waals surface area contributed by atoms with E-state index in [1.54, 1.807) is 13.0 Å². The Kier molecular flexibility index (Phi) is 34.0. The Hall–Kier alpha value is -6.08. The lowest BCUT2D eigenvalue weighted by Gasteiger charge is -2.41. The van der Waals surface area contributed by atoms with Crippen molar-refractivity contribution in [2.75, 3.05) is 13.2 Å². The summed E-state index contributed by atoms with van der Waals surface area (Å²) in [5.74, 6) is 58.8. The summed E-state index contributed by atoms with van der Waals surface area (Å²) in [5.41, 5.74) is 0. The zero-order chi connectivity index (χ0) is 45.1. The van der Waals surface area contributed by atoms with E-state index >= 15 is 0 Å². The minimum Gasteiger partial charge on any atom is -0.394 e. The Balaban J connectivity index is 2.80. The molecule has 0 aromatic carbocycles. The number of carbonyl (C=O) groups is 1. The molecule has 1 aliphatic rings. The van der Waals surface area contributed by atoms with E-state index in [1.807, 2.05) is 6.08 Å². The molecule has 7 atom stereocenters. The molecule has 0 aliphatic carbocycles. The van der Waals surface area contributed by atoms with Gasteiger partial charge in [0.15, 0.2) is 6.29 Å². The second-order valence-electron chi connectivity index (χ2n) is 12.7. The molecule has 0 aromatic heterocycles. The standard InChI is InChI=1S/C50H49NO10S/c1-3-5-7-9-11-13-15-17-18-19-20-21-22-23-24-25-26-28-30-32-34-36-38-40-46(54)51-43(42-58-50-48(56)49(62-61-60-57)47(55)45(41-52)59-50)44(53)39-37-35-33-31-29-27-16-14-12-10-8-6-4-2/h37,39,43-45,47-50,52-53,55-57H,4,6,8,10,12,14,16,27,29,31,33,35,41-42H2,1-2H3,(H,51,54)/b39-37+/t43-,44+,45?,47?,48?,49?,50?/m0/s1. The van der Waals surface area contributed by atoms with Crippen LogP contribution in [0.4, 0.5) is 0 Å². The summed E-state index contributed by atoms with van der Waals surface area (Å²) in [5, 5.41) is 55.4. The lowest BCUT2D eigenvalue weighted by molar-refractivity contribution is -0.432. The Morgan fingerprint density at radius 2 is 1.15 bits per heavy atom. The van der Waals surface area contributed by atoms with Gasteiger partial charge in [-0.25, -0.2) is 5.26 Å². The highest BCUT2D eigenvalue weighted by atomic mass is 32.2. The van der Waals surface area contributed by atoms with Crippen molar-refractivity contribution in [1.82, 2.24) is 5.32 Å². The van der Waals surface area contributed by atoms with Gasteiger partial charge < -0.3 is 35.2 Å². The third-order valence-corrected chi connectivity index (χ3v) is 9.01. The molecule has 0 radical (unpaired) electrons. The minimum absolute atomic E-state index is 0.381. The maximum absolute atomic E-state index is 12.7. The number of hydrogen-bond acceptors (Lipinski definition) is 11. The van der Waals surface area contributed by atoms with Gasteiger partial charge in [0, 0.05) is 53.5 Å². The second-order valence-corrected chi connectivity index (χ2v) is 13.6. The summed E-state index contributed by atoms with van der Waals surface area (Å²) < 4.78 is 15.6. The Bertz CT molecular complexity index is 2220. The molecule has 1 aliphatic heterocycles. The fraction of sp³-hybridized carbons (Fsp3) is 0.460. The maximum Gasteiger partial charge on any atom is 0.297 e. The molecule has 1 heterocycles. The highest BCUT2D eigenvalue weighted by molar-refractivity contribution is 7.95. The number of nitrogens with one attached hydrogen (secondary N) is 1. The van der Waals surface area contributed by atoms with Gasteiger partial charge in [0.2, 0.25) is 0 Å². The van der Waals surface area contributed by atoms with Crippen molar-refractivity contribution in [2.24, 2.45) is 0 Å². The molecule has 0 saturated carbocycles. The number of aliphatic hydroxyl groups is 4. The fourth-order valence-electron chi connectivity index (χ4n) is 5.07. The summed E-state index contributed by atoms with van der Waals surface area (Å²) in [6.45, 7) is 2.88. The molecular weight excluding hydrogens is 807 g/mol. The number of ether oxygens (including phenoxy) is 2. The van der Waals surface area contributed by atoms with Crippen molar-refractivity contribution >= 4 is 17.9 Å². The summed E-state index contributed by atoms with van der Waals surface area (Å²) in [7, 11) is 0. The van der Waals surface area contributed by atoms with E-state index in [2.05, 4.69) is 164 Å². The molecule has 0 spiro atoms. The number of rotatable bonds is 22. The summed E-state index contributed by atoms with van der Waals surface area (Å²) in [6.07, 6.45) is 10.6. The van der Waals surface area contributed by atoms with Crippen LogP contribution in [0.25, 0.3) is 0 Å². The summed E-state index contributed by atoms with van der Waals surface area (Å²) in [6, 6.07) is -1.07. The second kappa shape index (κ2) is 39.1. The molecule has 12 heteroatoms. The zero-order valence-corrected chi connectivity index (χ0v) is 35.6. The van der Waals surface area contributed by atoms with E-state index in [-0.39, 0.29) is 6.61 Å². The molecule has 320 valence electrons. The maximum atomic E-state index is 12.7. The largest absolute Gasteiger partial charge is 0.394 e. The third kappa shape index (κ3) is 28.4. The number of unbranched alkanes of at least 4 members (excludes halogenated alkanes) is 11. The fourth-order valence-corrected chi connectivity index (χ4v) is 5.72. The van der Waals surface area contributed by atoms with Crippen molar-refractivity contribution in [2.45, 2.75) is 133 Å². The van der Waals surface area contributed by atoms with Gasteiger partial charge in [0.05, 0.1) is 36.7 Å². The van der Waals surface area contributed by atoms with Crippen LogP contribution in [0.1, 0.15) is 90.9 Å². The van der Waals surface area contributed by atoms with Crippen molar-refractivity contribution in [3.05, 3.63) is 12.2 Å². The number of allylic oxidation sites excluding steroid dienone is 1. The normalized spacial score (nSPS) is 17.2. The van der Waals surface area contributed by atoms with E-state index in [4.69, 9.17) is 14.7 Å². The molecule has 6 N–H and O–H groups in total. The van der Waals surface area contributed by atoms with Crippen LogP contribution in [-0.4, -0.2) is 86.8 Å². The first-order valence-corrected chi connectivity index (χ1v) is 20.7. The third-order valence-electron chi connectivity index (χ3n) is 8.09. The van der Waals surface area contributed by atoms with Crippen LogP contribution in [0, 0.1) is 142 Å². The minimum atomic E-state index is -1.54. The van der Waals surface area contributed by atoms with Crippen LogP contribution in [0.2, 0.25) is 0 Å². The van der Waals surface area contributed by atoms with E-state index in [0.717, 1.165) is 25.7 Å². The van der Waals surface area contributed by atoms with Gasteiger partial charge in [-0.05, 0) is 114 Å². The van der Waals surface area contributed by atoms with E-state index < -0.39 is 54.5 Å². The average Bonchev–Trinajstić information content (AvgIpc) is 3.27. The number of aliphatic hydroxyl groups excluding tert-OH is 4. The van der Waals surface area contributed by atoms with Crippen molar-refractivity contribution in [3.8, 4) is 142 Å². The first-order chi connectivity index (χ1) is 30.4. The number of carbonyl (C=O) groups excluding carboxylic acids is 1. The van der Waals surface area contributed by atoms with Gasteiger partial charge in [0.25, 0.3) is 5.91 Å². The highest BCUT2D eigenvalue weighted by Crippen LogP contribution is 2.31.